The molecule has 7 N–H and O–H groups in total. The second-order valence-corrected chi connectivity index (χ2v) is 13.5. The summed E-state index contributed by atoms with van der Waals surface area (Å²) >= 11 is 3.45. The van der Waals surface area contributed by atoms with Crippen molar-refractivity contribution >= 4 is 23.5 Å². The fraction of sp³-hybridized carbons (Fsp3) is 1.00. The first kappa shape index (κ1) is 49.2. The summed E-state index contributed by atoms with van der Waals surface area (Å²) in [4.78, 5) is 0. The van der Waals surface area contributed by atoms with Crippen LogP contribution in [0.4, 0.5) is 0 Å². The maximum atomic E-state index is 9.38. The Bertz CT molecular complexity index is 476. The van der Waals surface area contributed by atoms with Crippen molar-refractivity contribution in [2.24, 2.45) is 11.5 Å². The number of ether oxygens (including phenoxy) is 4. The first-order valence-corrected chi connectivity index (χ1v) is 18.0. The van der Waals surface area contributed by atoms with Gasteiger partial charge < -0.3 is 45.7 Å². The number of thioether (sulfide) groups is 2. The number of rotatable bonds is 22. The van der Waals surface area contributed by atoms with Crippen LogP contribution in [0.1, 0.15) is 95.4 Å². The van der Waals surface area contributed by atoms with Crippen molar-refractivity contribution in [3.63, 3.8) is 0 Å². The Morgan fingerprint density at radius 2 is 1.10 bits per heavy atom. The van der Waals surface area contributed by atoms with Gasteiger partial charge >= 0.3 is 0 Å². The minimum atomic E-state index is -0.302. The lowest BCUT2D eigenvalue weighted by Gasteiger charge is -2.15. The van der Waals surface area contributed by atoms with Crippen LogP contribution >= 0.6 is 23.5 Å². The van der Waals surface area contributed by atoms with Crippen LogP contribution in [-0.4, -0.2) is 120 Å². The van der Waals surface area contributed by atoms with Gasteiger partial charge in [-0.05, 0) is 80.4 Å². The van der Waals surface area contributed by atoms with E-state index >= 15 is 0 Å². The van der Waals surface area contributed by atoms with Crippen LogP contribution in [0.15, 0.2) is 0 Å². The Morgan fingerprint density at radius 3 is 1.48 bits per heavy atom. The molecule has 0 spiro atoms. The lowest BCUT2D eigenvalue weighted by Crippen LogP contribution is -2.26. The van der Waals surface area contributed by atoms with E-state index in [-0.39, 0.29) is 48.4 Å². The summed E-state index contributed by atoms with van der Waals surface area (Å²) in [6.07, 6.45) is 3.33. The molecule has 11 heteroatoms. The maximum absolute atomic E-state index is 9.38. The molecule has 0 aliphatic rings. The SMILES string of the molecule is CC(C)OCC(CO)SCCN.CCC(N)COC(C)C.CCC(O)COC(C)C.CCCSCC(O)COC(C)C. The third kappa shape index (κ3) is 50.0. The van der Waals surface area contributed by atoms with E-state index in [1.54, 1.807) is 23.5 Å². The van der Waals surface area contributed by atoms with E-state index < -0.39 is 0 Å². The molecule has 0 fully saturated rings. The van der Waals surface area contributed by atoms with Crippen molar-refractivity contribution in [3.8, 4) is 0 Å². The molecule has 0 aromatic carbocycles. The van der Waals surface area contributed by atoms with Crippen molar-refractivity contribution < 1.29 is 34.3 Å². The van der Waals surface area contributed by atoms with Crippen LogP contribution in [0, 0.1) is 0 Å². The number of hydrogen-bond acceptors (Lipinski definition) is 11. The average Bonchev–Trinajstić information content (AvgIpc) is 2.94. The highest BCUT2D eigenvalue weighted by atomic mass is 32.2. The molecule has 0 aromatic heterocycles. The van der Waals surface area contributed by atoms with E-state index in [4.69, 9.17) is 40.6 Å². The predicted molar refractivity (Wildman–Crippen MR) is 185 cm³/mol. The predicted octanol–water partition coefficient (Wildman–Crippen LogP) is 4.71. The standard InChI is InChI=1S/C9H20O2S.C8H19NO2S.C7H17NO.C7H16O2/c1-4-5-12-7-9(10)6-11-8(2)3;1-7(2)11-6-8(5-10)12-4-3-9;2*1-4-7(8)5-9-6(2)3/h8-10H,4-7H2,1-3H3;7-8,10H,3-6,9H2,1-2H3;6-7H,4-5,8H2,1-3H3;6-8H,4-5H2,1-3H3. The van der Waals surface area contributed by atoms with Gasteiger partial charge in [-0.3, -0.25) is 0 Å². The topological polar surface area (TPSA) is 150 Å². The fourth-order valence-electron chi connectivity index (χ4n) is 2.26. The van der Waals surface area contributed by atoms with Crippen molar-refractivity contribution in [2.45, 2.75) is 143 Å². The van der Waals surface area contributed by atoms with Crippen molar-refractivity contribution in [1.29, 1.82) is 0 Å². The van der Waals surface area contributed by atoms with E-state index in [0.29, 0.717) is 39.1 Å². The van der Waals surface area contributed by atoms with Crippen LogP contribution in [0.3, 0.4) is 0 Å². The molecule has 0 saturated carbocycles. The Balaban J connectivity index is -0.000000231. The Labute approximate surface area is 268 Å². The van der Waals surface area contributed by atoms with Gasteiger partial charge in [0.25, 0.3) is 0 Å². The molecule has 0 aliphatic carbocycles. The van der Waals surface area contributed by atoms with Crippen LogP contribution in [-0.2, 0) is 18.9 Å². The van der Waals surface area contributed by atoms with Gasteiger partial charge in [0.05, 0.1) is 74.9 Å². The van der Waals surface area contributed by atoms with Gasteiger partial charge in [-0.25, -0.2) is 0 Å². The molecule has 0 saturated heterocycles. The molecular weight excluding hydrogens is 576 g/mol. The summed E-state index contributed by atoms with van der Waals surface area (Å²) in [5.41, 5.74) is 10.9. The van der Waals surface area contributed by atoms with Gasteiger partial charge in [0.1, 0.15) is 0 Å². The quantitative estimate of drug-likeness (QED) is 0.104. The number of hydrogen-bond donors (Lipinski definition) is 5. The van der Waals surface area contributed by atoms with Gasteiger partial charge in [-0.1, -0.05) is 20.8 Å². The van der Waals surface area contributed by atoms with Crippen LogP contribution in [0.2, 0.25) is 0 Å². The molecule has 0 radical (unpaired) electrons. The van der Waals surface area contributed by atoms with Gasteiger partial charge in [0.15, 0.2) is 0 Å². The van der Waals surface area contributed by atoms with Gasteiger partial charge in [0, 0.05) is 24.1 Å². The maximum Gasteiger partial charge on any atom is 0.0863 e. The highest BCUT2D eigenvalue weighted by molar-refractivity contribution is 8.00. The normalized spacial score (nSPS) is 14.0. The lowest BCUT2D eigenvalue weighted by atomic mass is 10.3. The zero-order chi connectivity index (χ0) is 33.3. The van der Waals surface area contributed by atoms with E-state index in [1.165, 1.54) is 6.42 Å². The van der Waals surface area contributed by atoms with E-state index in [1.807, 2.05) is 62.3 Å². The average molecular weight is 649 g/mol. The summed E-state index contributed by atoms with van der Waals surface area (Å²) in [7, 11) is 0. The zero-order valence-corrected chi connectivity index (χ0v) is 30.7. The molecule has 0 heterocycles. The zero-order valence-electron chi connectivity index (χ0n) is 29.0. The first-order chi connectivity index (χ1) is 19.7. The highest BCUT2D eigenvalue weighted by Gasteiger charge is 2.08. The third-order valence-corrected chi connectivity index (χ3v) is 7.38. The van der Waals surface area contributed by atoms with Crippen LogP contribution in [0.25, 0.3) is 0 Å². The second-order valence-electron chi connectivity index (χ2n) is 11.0. The summed E-state index contributed by atoms with van der Waals surface area (Å²) in [6.45, 7) is 25.1. The van der Waals surface area contributed by atoms with Crippen LogP contribution < -0.4 is 11.5 Å². The third-order valence-electron chi connectivity index (χ3n) is 4.83. The van der Waals surface area contributed by atoms with Crippen molar-refractivity contribution in [3.05, 3.63) is 0 Å². The van der Waals surface area contributed by atoms with E-state index in [9.17, 15) is 5.11 Å². The van der Waals surface area contributed by atoms with Crippen molar-refractivity contribution in [2.75, 3.05) is 56.8 Å². The molecular formula is C31H72N2O7S2. The molecule has 0 bridgehead atoms. The minimum absolute atomic E-state index is 0.164. The van der Waals surface area contributed by atoms with Gasteiger partial charge in [-0.15, -0.1) is 0 Å². The first-order valence-electron chi connectivity index (χ1n) is 15.8. The molecule has 9 nitrogen and oxygen atoms in total. The molecule has 0 aliphatic heterocycles. The Hall–Kier alpha value is 0.340. The largest absolute Gasteiger partial charge is 0.395 e. The van der Waals surface area contributed by atoms with E-state index in [2.05, 4.69) is 13.8 Å². The molecule has 0 amide bonds. The highest BCUT2D eigenvalue weighted by Crippen LogP contribution is 2.10. The van der Waals surface area contributed by atoms with Crippen molar-refractivity contribution in [1.82, 2.24) is 0 Å². The number of nitrogens with two attached hydrogens (primary N) is 2. The van der Waals surface area contributed by atoms with Gasteiger partial charge in [-0.2, -0.15) is 23.5 Å². The molecule has 260 valence electrons. The monoisotopic (exact) mass is 648 g/mol. The smallest absolute Gasteiger partial charge is 0.0863 e. The lowest BCUT2D eigenvalue weighted by molar-refractivity contribution is 0.00464. The van der Waals surface area contributed by atoms with Crippen LogP contribution in [0.5, 0.6) is 0 Å². The summed E-state index contributed by atoms with van der Waals surface area (Å²) in [6, 6.07) is 0.215. The summed E-state index contributed by atoms with van der Waals surface area (Å²) < 4.78 is 21.1. The number of aliphatic hydroxyl groups excluding tert-OH is 3. The molecule has 4 atom stereocenters. The van der Waals surface area contributed by atoms with Gasteiger partial charge in [0.2, 0.25) is 0 Å². The summed E-state index contributed by atoms with van der Waals surface area (Å²) in [5.74, 6) is 2.80. The summed E-state index contributed by atoms with van der Waals surface area (Å²) in [5, 5.41) is 27.5. The van der Waals surface area contributed by atoms with E-state index in [0.717, 1.165) is 30.1 Å². The molecule has 0 aromatic rings. The number of aliphatic hydroxyl groups is 3. The Morgan fingerprint density at radius 1 is 0.643 bits per heavy atom. The second kappa shape index (κ2) is 37.5. The minimum Gasteiger partial charge on any atom is -0.395 e. The molecule has 42 heavy (non-hydrogen) atoms. The molecule has 0 rings (SSSR count). The Kier molecular flexibility index (Phi) is 44.0. The molecule has 4 unspecified atom stereocenters. The fourth-order valence-corrected chi connectivity index (χ4v) is 3.83.